The van der Waals surface area contributed by atoms with Gasteiger partial charge in [-0.25, -0.2) is 0 Å². The van der Waals surface area contributed by atoms with Gasteiger partial charge < -0.3 is 16.2 Å². The van der Waals surface area contributed by atoms with Crippen LogP contribution in [0.5, 0.6) is 0 Å². The highest BCUT2D eigenvalue weighted by atomic mass is 16.4. The Morgan fingerprint density at radius 2 is 1.20 bits per heavy atom. The van der Waals surface area contributed by atoms with E-state index in [1.54, 1.807) is 0 Å². The number of carboxylic acids is 1. The van der Waals surface area contributed by atoms with Crippen molar-refractivity contribution in [3.63, 3.8) is 0 Å². The van der Waals surface area contributed by atoms with E-state index in [1.165, 1.54) is 94.6 Å². The van der Waals surface area contributed by atoms with Crippen LogP contribution < -0.4 is 11.1 Å². The molecule has 0 atom stereocenters. The number of aliphatic carboxylic acids is 1. The Hall–Kier alpha value is -1.39. The molecule has 0 bridgehead atoms. The number of benzene rings is 1. The van der Waals surface area contributed by atoms with Crippen LogP contribution in [-0.4, -0.2) is 17.6 Å². The van der Waals surface area contributed by atoms with Gasteiger partial charge in [-0.05, 0) is 30.5 Å². The van der Waals surface area contributed by atoms with Crippen molar-refractivity contribution >= 4 is 5.97 Å². The minimum atomic E-state index is -0.659. The van der Waals surface area contributed by atoms with Gasteiger partial charge in [0.1, 0.15) is 0 Å². The SMILES string of the molecule is NCc1cccc(CNCCCCCCCCCCCCCCCCCC(=O)O)c1. The molecular formula is C26H46N2O2. The Morgan fingerprint density at radius 1 is 0.733 bits per heavy atom. The van der Waals surface area contributed by atoms with Crippen molar-refractivity contribution in [3.8, 4) is 0 Å². The summed E-state index contributed by atoms with van der Waals surface area (Å²) in [6.07, 6.45) is 19.7. The van der Waals surface area contributed by atoms with Crippen LogP contribution in [0.4, 0.5) is 0 Å². The molecule has 0 aromatic heterocycles. The maximum atomic E-state index is 10.4. The van der Waals surface area contributed by atoms with Gasteiger partial charge in [-0.2, -0.15) is 0 Å². The molecule has 4 heteroatoms. The third kappa shape index (κ3) is 16.4. The molecule has 0 unspecified atom stereocenters. The van der Waals surface area contributed by atoms with E-state index in [1.807, 2.05) is 0 Å². The van der Waals surface area contributed by atoms with E-state index in [2.05, 4.69) is 29.6 Å². The van der Waals surface area contributed by atoms with Gasteiger partial charge in [0.25, 0.3) is 0 Å². The fraction of sp³-hybridized carbons (Fsp3) is 0.731. The minimum absolute atomic E-state index is 0.335. The molecule has 172 valence electrons. The van der Waals surface area contributed by atoms with Gasteiger partial charge in [0, 0.05) is 19.5 Å². The highest BCUT2D eigenvalue weighted by molar-refractivity contribution is 5.66. The Morgan fingerprint density at radius 3 is 1.70 bits per heavy atom. The quantitative estimate of drug-likeness (QED) is 0.198. The van der Waals surface area contributed by atoms with E-state index >= 15 is 0 Å². The lowest BCUT2D eigenvalue weighted by Crippen LogP contribution is -2.14. The van der Waals surface area contributed by atoms with Gasteiger partial charge in [-0.3, -0.25) is 4.79 Å². The van der Waals surface area contributed by atoms with E-state index in [-0.39, 0.29) is 0 Å². The molecule has 0 aliphatic heterocycles. The summed E-state index contributed by atoms with van der Waals surface area (Å²) in [5.41, 5.74) is 8.23. The van der Waals surface area contributed by atoms with Crippen LogP contribution in [0.25, 0.3) is 0 Å². The molecule has 0 heterocycles. The largest absolute Gasteiger partial charge is 0.481 e. The van der Waals surface area contributed by atoms with Crippen LogP contribution in [-0.2, 0) is 17.9 Å². The molecule has 0 radical (unpaired) electrons. The van der Waals surface area contributed by atoms with Gasteiger partial charge >= 0.3 is 5.97 Å². The smallest absolute Gasteiger partial charge is 0.303 e. The fourth-order valence-corrected chi connectivity index (χ4v) is 3.92. The third-order valence-corrected chi connectivity index (χ3v) is 5.80. The van der Waals surface area contributed by atoms with E-state index in [4.69, 9.17) is 10.8 Å². The van der Waals surface area contributed by atoms with Crippen molar-refractivity contribution in [1.29, 1.82) is 0 Å². The lowest BCUT2D eigenvalue weighted by atomic mass is 10.0. The lowest BCUT2D eigenvalue weighted by molar-refractivity contribution is -0.137. The molecule has 0 aliphatic rings. The predicted molar refractivity (Wildman–Crippen MR) is 128 cm³/mol. The zero-order valence-electron chi connectivity index (χ0n) is 19.2. The Kier molecular flexibility index (Phi) is 17.4. The molecule has 1 aromatic rings. The lowest BCUT2D eigenvalue weighted by Gasteiger charge is -2.07. The highest BCUT2D eigenvalue weighted by Gasteiger charge is 1.98. The maximum Gasteiger partial charge on any atom is 0.303 e. The summed E-state index contributed by atoms with van der Waals surface area (Å²) in [6, 6.07) is 8.53. The van der Waals surface area contributed by atoms with Crippen molar-refractivity contribution in [2.24, 2.45) is 5.73 Å². The predicted octanol–water partition coefficient (Wildman–Crippen LogP) is 6.56. The Balaban J connectivity index is 1.74. The summed E-state index contributed by atoms with van der Waals surface area (Å²) in [7, 11) is 0. The van der Waals surface area contributed by atoms with Crippen LogP contribution in [0.1, 0.15) is 114 Å². The number of carbonyl (C=O) groups is 1. The first-order valence-electron chi connectivity index (χ1n) is 12.4. The van der Waals surface area contributed by atoms with Gasteiger partial charge in [0.2, 0.25) is 0 Å². The third-order valence-electron chi connectivity index (χ3n) is 5.80. The van der Waals surface area contributed by atoms with Gasteiger partial charge in [0.05, 0.1) is 0 Å². The molecule has 0 amide bonds. The molecule has 1 aromatic carbocycles. The number of unbranched alkanes of at least 4 members (excludes halogenated alkanes) is 14. The second-order valence-electron chi connectivity index (χ2n) is 8.65. The second kappa shape index (κ2) is 19.6. The van der Waals surface area contributed by atoms with Crippen LogP contribution in [0.3, 0.4) is 0 Å². The van der Waals surface area contributed by atoms with Crippen molar-refractivity contribution < 1.29 is 9.90 Å². The van der Waals surface area contributed by atoms with Crippen molar-refractivity contribution in [3.05, 3.63) is 35.4 Å². The molecule has 0 spiro atoms. The van der Waals surface area contributed by atoms with Gasteiger partial charge in [0.15, 0.2) is 0 Å². The van der Waals surface area contributed by atoms with E-state index in [0.29, 0.717) is 13.0 Å². The summed E-state index contributed by atoms with van der Waals surface area (Å²) in [5.74, 6) is -0.659. The molecule has 4 N–H and O–H groups in total. The van der Waals surface area contributed by atoms with Gasteiger partial charge in [-0.1, -0.05) is 108 Å². The summed E-state index contributed by atoms with van der Waals surface area (Å²) in [6.45, 7) is 2.66. The number of nitrogens with one attached hydrogen (secondary N) is 1. The van der Waals surface area contributed by atoms with E-state index < -0.39 is 5.97 Å². The van der Waals surface area contributed by atoms with Crippen LogP contribution in [0.15, 0.2) is 24.3 Å². The van der Waals surface area contributed by atoms with E-state index in [9.17, 15) is 4.79 Å². The van der Waals surface area contributed by atoms with Crippen LogP contribution >= 0.6 is 0 Å². The van der Waals surface area contributed by atoms with Crippen molar-refractivity contribution in [1.82, 2.24) is 5.32 Å². The van der Waals surface area contributed by atoms with Crippen molar-refractivity contribution in [2.45, 2.75) is 116 Å². The summed E-state index contributed by atoms with van der Waals surface area (Å²) in [5, 5.41) is 12.1. The molecule has 1 rings (SSSR count). The normalized spacial score (nSPS) is 11.1. The first-order chi connectivity index (χ1) is 14.7. The molecule has 0 aliphatic carbocycles. The number of hydrogen-bond donors (Lipinski definition) is 3. The minimum Gasteiger partial charge on any atom is -0.481 e. The van der Waals surface area contributed by atoms with Crippen molar-refractivity contribution in [2.75, 3.05) is 6.54 Å². The number of nitrogens with two attached hydrogens (primary N) is 1. The molecule has 0 saturated carbocycles. The zero-order chi connectivity index (χ0) is 21.7. The summed E-state index contributed by atoms with van der Waals surface area (Å²) >= 11 is 0. The molecule has 4 nitrogen and oxygen atoms in total. The fourth-order valence-electron chi connectivity index (χ4n) is 3.92. The highest BCUT2D eigenvalue weighted by Crippen LogP contribution is 2.13. The average Bonchev–Trinajstić information content (AvgIpc) is 2.75. The molecule has 0 fully saturated rings. The van der Waals surface area contributed by atoms with Crippen LogP contribution in [0, 0.1) is 0 Å². The molecule has 0 saturated heterocycles. The zero-order valence-corrected chi connectivity index (χ0v) is 19.2. The van der Waals surface area contributed by atoms with Crippen LogP contribution in [0.2, 0.25) is 0 Å². The summed E-state index contributed by atoms with van der Waals surface area (Å²) in [4.78, 5) is 10.4. The van der Waals surface area contributed by atoms with E-state index in [0.717, 1.165) is 25.9 Å². The first kappa shape index (κ1) is 26.6. The second-order valence-corrected chi connectivity index (χ2v) is 8.65. The molecular weight excluding hydrogens is 372 g/mol. The number of rotatable bonds is 21. The summed E-state index contributed by atoms with van der Waals surface area (Å²) < 4.78 is 0. The maximum absolute atomic E-state index is 10.4. The molecule has 30 heavy (non-hydrogen) atoms. The first-order valence-corrected chi connectivity index (χ1v) is 12.4. The van der Waals surface area contributed by atoms with Gasteiger partial charge in [-0.15, -0.1) is 0 Å². The average molecular weight is 419 g/mol. The standard InChI is InChI=1S/C26H46N2O2/c27-22-24-17-16-18-25(21-24)23-28-20-15-13-11-9-7-5-3-1-2-4-6-8-10-12-14-19-26(29)30/h16-18,21,28H,1-15,19-20,22-23,27H2,(H,29,30). The Labute approximate surface area is 185 Å². The monoisotopic (exact) mass is 418 g/mol. The number of carboxylic acid groups (broad SMARTS) is 1. The number of hydrogen-bond acceptors (Lipinski definition) is 3. The Bertz CT molecular complexity index is 534. The topological polar surface area (TPSA) is 75.3 Å².